The zero-order chi connectivity index (χ0) is 13.8. The Labute approximate surface area is 108 Å². The standard InChI is InChI=1S/C13H11FN2O3/c1-19-9-3-4-11(17)10(6-9)13(18)16-12-5-2-8(14)7-15-12/h2-7,17H,1H3,(H,15,16,18). The molecule has 2 rings (SSSR count). The van der Waals surface area contributed by atoms with Crippen molar-refractivity contribution in [3.05, 3.63) is 47.9 Å². The molecule has 2 N–H and O–H groups in total. The van der Waals surface area contributed by atoms with Gasteiger partial charge in [-0.15, -0.1) is 0 Å². The van der Waals surface area contributed by atoms with Gasteiger partial charge >= 0.3 is 0 Å². The van der Waals surface area contributed by atoms with Crippen molar-refractivity contribution in [1.29, 1.82) is 0 Å². The Kier molecular flexibility index (Phi) is 3.61. The topological polar surface area (TPSA) is 71.5 Å². The first-order chi connectivity index (χ1) is 9.10. The highest BCUT2D eigenvalue weighted by molar-refractivity contribution is 6.05. The fraction of sp³-hybridized carbons (Fsp3) is 0.0769. The molecule has 0 unspecified atom stereocenters. The molecule has 1 aromatic heterocycles. The number of anilines is 1. The summed E-state index contributed by atoms with van der Waals surface area (Å²) in [5.41, 5.74) is 0.0467. The average molecular weight is 262 g/mol. The van der Waals surface area contributed by atoms with Crippen LogP contribution >= 0.6 is 0 Å². The van der Waals surface area contributed by atoms with Gasteiger partial charge < -0.3 is 15.2 Å². The number of hydrogen-bond donors (Lipinski definition) is 2. The molecule has 0 atom stereocenters. The van der Waals surface area contributed by atoms with Crippen LogP contribution in [-0.4, -0.2) is 23.1 Å². The number of phenolic OH excluding ortho intramolecular Hbond substituents is 1. The van der Waals surface area contributed by atoms with E-state index in [4.69, 9.17) is 4.74 Å². The number of aromatic nitrogens is 1. The number of methoxy groups -OCH3 is 1. The van der Waals surface area contributed by atoms with Crippen molar-refractivity contribution < 1.29 is 19.0 Å². The number of rotatable bonds is 3. The number of hydrogen-bond acceptors (Lipinski definition) is 4. The molecule has 0 fully saturated rings. The average Bonchev–Trinajstić information content (AvgIpc) is 2.42. The molecule has 1 amide bonds. The van der Waals surface area contributed by atoms with Crippen LogP contribution in [0.3, 0.4) is 0 Å². The minimum Gasteiger partial charge on any atom is -0.507 e. The Morgan fingerprint density at radius 1 is 1.37 bits per heavy atom. The number of halogens is 1. The molecule has 2 aromatic rings. The highest BCUT2D eigenvalue weighted by Crippen LogP contribution is 2.23. The fourth-order valence-corrected chi connectivity index (χ4v) is 1.46. The van der Waals surface area contributed by atoms with E-state index in [-0.39, 0.29) is 17.1 Å². The maximum absolute atomic E-state index is 12.7. The van der Waals surface area contributed by atoms with Crippen LogP contribution in [0.2, 0.25) is 0 Å². The molecular formula is C13H11FN2O3. The SMILES string of the molecule is COc1ccc(O)c(C(=O)Nc2ccc(F)cn2)c1. The summed E-state index contributed by atoms with van der Waals surface area (Å²) in [7, 11) is 1.45. The van der Waals surface area contributed by atoms with Gasteiger partial charge in [-0.3, -0.25) is 4.79 Å². The Morgan fingerprint density at radius 2 is 2.16 bits per heavy atom. The second-order valence-corrected chi connectivity index (χ2v) is 3.70. The summed E-state index contributed by atoms with van der Waals surface area (Å²) in [6, 6.07) is 6.78. The van der Waals surface area contributed by atoms with Crippen LogP contribution in [0.1, 0.15) is 10.4 Å². The number of nitrogens with zero attached hydrogens (tertiary/aromatic N) is 1. The number of ether oxygens (including phenoxy) is 1. The number of amides is 1. The maximum Gasteiger partial charge on any atom is 0.260 e. The second kappa shape index (κ2) is 5.34. The third-order valence-electron chi connectivity index (χ3n) is 2.42. The highest BCUT2D eigenvalue weighted by atomic mass is 19.1. The van der Waals surface area contributed by atoms with Crippen LogP contribution in [0.4, 0.5) is 10.2 Å². The van der Waals surface area contributed by atoms with Gasteiger partial charge in [0.2, 0.25) is 0 Å². The quantitative estimate of drug-likeness (QED) is 0.889. The lowest BCUT2D eigenvalue weighted by molar-refractivity contribution is 0.102. The lowest BCUT2D eigenvalue weighted by atomic mass is 10.1. The molecular weight excluding hydrogens is 251 g/mol. The summed E-state index contributed by atoms with van der Waals surface area (Å²) in [5.74, 6) is -0.609. The molecule has 5 nitrogen and oxygen atoms in total. The summed E-state index contributed by atoms with van der Waals surface area (Å²) in [5, 5.41) is 12.1. The third kappa shape index (κ3) is 2.98. The van der Waals surface area contributed by atoms with Crippen molar-refractivity contribution in [3.63, 3.8) is 0 Å². The van der Waals surface area contributed by atoms with Crippen molar-refractivity contribution in [2.45, 2.75) is 0 Å². The van der Waals surface area contributed by atoms with E-state index in [1.165, 1.54) is 37.4 Å². The number of benzene rings is 1. The number of carbonyl (C=O) groups is 1. The van der Waals surface area contributed by atoms with E-state index in [0.717, 1.165) is 6.20 Å². The van der Waals surface area contributed by atoms with E-state index in [2.05, 4.69) is 10.3 Å². The summed E-state index contributed by atoms with van der Waals surface area (Å²) >= 11 is 0. The molecule has 0 aliphatic carbocycles. The highest BCUT2D eigenvalue weighted by Gasteiger charge is 2.13. The summed E-state index contributed by atoms with van der Waals surface area (Å²) in [6.07, 6.45) is 0.987. The molecule has 98 valence electrons. The molecule has 0 aliphatic rings. The number of aromatic hydroxyl groups is 1. The van der Waals surface area contributed by atoms with Gasteiger partial charge in [-0.2, -0.15) is 0 Å². The van der Waals surface area contributed by atoms with Gasteiger partial charge in [0, 0.05) is 0 Å². The van der Waals surface area contributed by atoms with Crippen LogP contribution in [0.5, 0.6) is 11.5 Å². The molecule has 0 radical (unpaired) electrons. The van der Waals surface area contributed by atoms with Gasteiger partial charge in [-0.05, 0) is 30.3 Å². The lowest BCUT2D eigenvalue weighted by Gasteiger charge is -2.07. The van der Waals surface area contributed by atoms with Gasteiger partial charge in [-0.25, -0.2) is 9.37 Å². The van der Waals surface area contributed by atoms with Crippen LogP contribution in [0.15, 0.2) is 36.5 Å². The lowest BCUT2D eigenvalue weighted by Crippen LogP contribution is -2.13. The normalized spacial score (nSPS) is 10.0. The first kappa shape index (κ1) is 12.8. The molecule has 1 heterocycles. The minimum atomic E-state index is -0.560. The zero-order valence-electron chi connectivity index (χ0n) is 10.1. The summed E-state index contributed by atoms with van der Waals surface area (Å²) in [4.78, 5) is 15.6. The van der Waals surface area contributed by atoms with Crippen LogP contribution < -0.4 is 10.1 Å². The monoisotopic (exact) mass is 262 g/mol. The number of pyridine rings is 1. The smallest absolute Gasteiger partial charge is 0.260 e. The Balaban J connectivity index is 2.22. The first-order valence-electron chi connectivity index (χ1n) is 5.40. The largest absolute Gasteiger partial charge is 0.507 e. The van der Waals surface area contributed by atoms with E-state index in [1.54, 1.807) is 0 Å². The van der Waals surface area contributed by atoms with E-state index in [1.807, 2.05) is 0 Å². The summed E-state index contributed by atoms with van der Waals surface area (Å²) in [6.45, 7) is 0. The van der Waals surface area contributed by atoms with Gasteiger partial charge in [0.1, 0.15) is 23.1 Å². The summed E-state index contributed by atoms with van der Waals surface area (Å²) < 4.78 is 17.6. The number of carbonyl (C=O) groups excluding carboxylic acids is 1. The number of phenols is 1. The van der Waals surface area contributed by atoms with Crippen LogP contribution in [0.25, 0.3) is 0 Å². The van der Waals surface area contributed by atoms with Crippen LogP contribution in [-0.2, 0) is 0 Å². The predicted octanol–water partition coefficient (Wildman–Crippen LogP) is 2.19. The van der Waals surface area contributed by atoms with Crippen molar-refractivity contribution in [2.75, 3.05) is 12.4 Å². The van der Waals surface area contributed by atoms with E-state index < -0.39 is 11.7 Å². The number of nitrogens with one attached hydrogen (secondary N) is 1. The minimum absolute atomic E-state index is 0.0467. The zero-order valence-corrected chi connectivity index (χ0v) is 10.1. The van der Waals surface area contributed by atoms with E-state index in [9.17, 15) is 14.3 Å². The van der Waals surface area contributed by atoms with Gasteiger partial charge in [0.25, 0.3) is 5.91 Å². The van der Waals surface area contributed by atoms with Crippen molar-refractivity contribution in [3.8, 4) is 11.5 Å². The fourth-order valence-electron chi connectivity index (χ4n) is 1.46. The molecule has 0 bridgehead atoms. The molecule has 0 saturated heterocycles. The van der Waals surface area contributed by atoms with Gasteiger partial charge in [-0.1, -0.05) is 0 Å². The van der Waals surface area contributed by atoms with Gasteiger partial charge in [0.05, 0.1) is 18.9 Å². The van der Waals surface area contributed by atoms with E-state index >= 15 is 0 Å². The predicted molar refractivity (Wildman–Crippen MR) is 66.8 cm³/mol. The van der Waals surface area contributed by atoms with Crippen molar-refractivity contribution >= 4 is 11.7 Å². The molecule has 0 saturated carbocycles. The maximum atomic E-state index is 12.7. The Bertz CT molecular complexity index is 599. The second-order valence-electron chi connectivity index (χ2n) is 3.70. The molecule has 6 heteroatoms. The molecule has 0 spiro atoms. The Morgan fingerprint density at radius 3 is 2.79 bits per heavy atom. The first-order valence-corrected chi connectivity index (χ1v) is 5.40. The van der Waals surface area contributed by atoms with Crippen LogP contribution in [0, 0.1) is 5.82 Å². The molecule has 1 aromatic carbocycles. The molecule has 0 aliphatic heterocycles. The van der Waals surface area contributed by atoms with Crippen molar-refractivity contribution in [2.24, 2.45) is 0 Å². The van der Waals surface area contributed by atoms with Crippen molar-refractivity contribution in [1.82, 2.24) is 4.98 Å². The Hall–Kier alpha value is -2.63. The molecule has 19 heavy (non-hydrogen) atoms. The third-order valence-corrected chi connectivity index (χ3v) is 2.42. The van der Waals surface area contributed by atoms with E-state index in [0.29, 0.717) is 5.75 Å². The van der Waals surface area contributed by atoms with Gasteiger partial charge in [0.15, 0.2) is 0 Å².